The van der Waals surface area contributed by atoms with E-state index in [0.29, 0.717) is 6.42 Å². The van der Waals surface area contributed by atoms with Gasteiger partial charge >= 0.3 is 0 Å². The van der Waals surface area contributed by atoms with Crippen LogP contribution in [0.5, 0.6) is 0 Å². The van der Waals surface area contributed by atoms with E-state index in [1.807, 2.05) is 18.2 Å². The van der Waals surface area contributed by atoms with Gasteiger partial charge in [0.25, 0.3) is 0 Å². The molecule has 0 fully saturated rings. The molecule has 0 saturated carbocycles. The highest BCUT2D eigenvalue weighted by Crippen LogP contribution is 2.15. The van der Waals surface area contributed by atoms with Gasteiger partial charge in [-0.1, -0.05) is 17.7 Å². The second-order valence-electron chi connectivity index (χ2n) is 2.95. The molecular formula is C10H9ClNO. The molecule has 1 aromatic heterocycles. The summed E-state index contributed by atoms with van der Waals surface area (Å²) in [5.74, 6) is 0. The van der Waals surface area contributed by atoms with Crippen molar-refractivity contribution in [1.29, 1.82) is 0 Å². The quantitative estimate of drug-likeness (QED) is 0.706. The van der Waals surface area contributed by atoms with Gasteiger partial charge in [0.15, 0.2) is 0 Å². The largest absolute Gasteiger partial charge is 0.377 e. The molecule has 1 atom stereocenters. The summed E-state index contributed by atoms with van der Waals surface area (Å²) >= 11 is 5.47. The van der Waals surface area contributed by atoms with E-state index in [-0.39, 0.29) is 0 Å². The highest BCUT2D eigenvalue weighted by Gasteiger charge is 2.02. The molecule has 3 heteroatoms. The second kappa shape index (κ2) is 3.40. The van der Waals surface area contributed by atoms with Crippen molar-refractivity contribution in [2.45, 2.75) is 12.0 Å². The minimum Gasteiger partial charge on any atom is -0.377 e. The summed E-state index contributed by atoms with van der Waals surface area (Å²) in [7, 11) is 0. The van der Waals surface area contributed by atoms with Gasteiger partial charge < -0.3 is 10.1 Å². The number of benzene rings is 1. The third kappa shape index (κ3) is 1.85. The van der Waals surface area contributed by atoms with Crippen LogP contribution in [0.4, 0.5) is 0 Å². The number of nitrogens with one attached hydrogen (secondary N) is 1. The Morgan fingerprint density at radius 1 is 1.54 bits per heavy atom. The number of H-pyrrole nitrogens is 1. The van der Waals surface area contributed by atoms with E-state index in [1.165, 1.54) is 0 Å². The fourth-order valence-corrected chi connectivity index (χ4v) is 1.53. The van der Waals surface area contributed by atoms with Crippen LogP contribution >= 0.6 is 11.6 Å². The number of rotatable bonds is 2. The van der Waals surface area contributed by atoms with Gasteiger partial charge in [0, 0.05) is 29.6 Å². The maximum absolute atomic E-state index is 8.98. The highest BCUT2D eigenvalue weighted by molar-refractivity contribution is 6.19. The van der Waals surface area contributed by atoms with Crippen molar-refractivity contribution >= 4 is 22.5 Å². The van der Waals surface area contributed by atoms with E-state index in [9.17, 15) is 0 Å². The fraction of sp³-hybridized carbons (Fsp3) is 0.200. The summed E-state index contributed by atoms with van der Waals surface area (Å²) in [6, 6.07) is 8.92. The zero-order chi connectivity index (χ0) is 9.26. The summed E-state index contributed by atoms with van der Waals surface area (Å²) in [5, 5.41) is 10.00. The molecule has 0 spiro atoms. The van der Waals surface area contributed by atoms with E-state index in [4.69, 9.17) is 16.7 Å². The first-order valence-electron chi connectivity index (χ1n) is 4.05. The number of aliphatic hydroxyl groups excluding tert-OH is 1. The number of halogens is 1. The van der Waals surface area contributed by atoms with Gasteiger partial charge in [-0.2, -0.15) is 0 Å². The van der Waals surface area contributed by atoms with Crippen molar-refractivity contribution in [3.63, 3.8) is 0 Å². The molecule has 2 N–H and O–H groups in total. The lowest BCUT2D eigenvalue weighted by Crippen LogP contribution is -2.00. The first-order valence-corrected chi connectivity index (χ1v) is 4.49. The molecule has 0 aliphatic carbocycles. The van der Waals surface area contributed by atoms with Crippen molar-refractivity contribution in [2.75, 3.05) is 0 Å². The summed E-state index contributed by atoms with van der Waals surface area (Å²) in [4.78, 5) is 3.05. The zero-order valence-corrected chi connectivity index (χ0v) is 7.67. The Hall–Kier alpha value is -0.990. The van der Waals surface area contributed by atoms with Crippen LogP contribution in [-0.2, 0) is 6.42 Å². The summed E-state index contributed by atoms with van der Waals surface area (Å²) < 4.78 is 0. The molecule has 1 heterocycles. The average Bonchev–Trinajstić information content (AvgIpc) is 2.49. The van der Waals surface area contributed by atoms with Crippen LogP contribution in [0.25, 0.3) is 10.9 Å². The van der Waals surface area contributed by atoms with E-state index >= 15 is 0 Å². The van der Waals surface area contributed by atoms with Gasteiger partial charge in [0.2, 0.25) is 0 Å². The molecule has 0 amide bonds. The van der Waals surface area contributed by atoms with E-state index < -0.39 is 5.56 Å². The first-order chi connectivity index (χ1) is 6.25. The number of fused-ring (bicyclic) bond motifs is 1. The Balaban J connectivity index is 2.37. The minimum atomic E-state index is -0.809. The standard InChI is InChI=1S/C10H9ClNO/c11-10(13)6-7-1-2-9-8(5-7)3-4-12-9/h1-2,4-5,10,12-13H,6H2/t10-/m1/s1. The monoisotopic (exact) mass is 194 g/mol. The van der Waals surface area contributed by atoms with Crippen LogP contribution in [0.3, 0.4) is 0 Å². The van der Waals surface area contributed by atoms with E-state index in [1.54, 1.807) is 6.20 Å². The number of aromatic nitrogens is 1. The van der Waals surface area contributed by atoms with Crippen molar-refractivity contribution < 1.29 is 5.11 Å². The molecule has 0 aliphatic rings. The number of hydrogen-bond donors (Lipinski definition) is 2. The molecule has 0 saturated heterocycles. The molecule has 1 aromatic carbocycles. The zero-order valence-electron chi connectivity index (χ0n) is 6.92. The maximum atomic E-state index is 8.98. The topological polar surface area (TPSA) is 36.0 Å². The van der Waals surface area contributed by atoms with Crippen molar-refractivity contribution in [3.05, 3.63) is 36.0 Å². The Bertz CT molecular complexity index is 408. The van der Waals surface area contributed by atoms with Crippen LogP contribution in [0.15, 0.2) is 24.4 Å². The number of alkyl halides is 1. The molecule has 2 aromatic rings. The summed E-state index contributed by atoms with van der Waals surface area (Å²) in [6.45, 7) is 0. The van der Waals surface area contributed by atoms with Crippen LogP contribution in [0, 0.1) is 6.07 Å². The SMILES string of the molecule is O[C@@H](Cl)Cc1ccc2[nH]c[c]c2c1. The van der Waals surface area contributed by atoms with Crippen LogP contribution < -0.4 is 0 Å². The molecule has 0 aliphatic heterocycles. The minimum absolute atomic E-state index is 0.469. The third-order valence-electron chi connectivity index (χ3n) is 1.94. The maximum Gasteiger partial charge on any atom is 0.132 e. The average molecular weight is 195 g/mol. The Labute approximate surface area is 81.1 Å². The lowest BCUT2D eigenvalue weighted by atomic mass is 10.1. The smallest absolute Gasteiger partial charge is 0.132 e. The highest BCUT2D eigenvalue weighted by atomic mass is 35.5. The lowest BCUT2D eigenvalue weighted by Gasteiger charge is -2.02. The van der Waals surface area contributed by atoms with E-state index in [0.717, 1.165) is 16.5 Å². The Kier molecular flexibility index (Phi) is 2.25. The molecule has 2 nitrogen and oxygen atoms in total. The van der Waals surface area contributed by atoms with Crippen molar-refractivity contribution in [2.24, 2.45) is 0 Å². The Morgan fingerprint density at radius 2 is 2.38 bits per heavy atom. The number of aliphatic hydroxyl groups is 1. The van der Waals surface area contributed by atoms with Crippen LogP contribution in [-0.4, -0.2) is 15.7 Å². The van der Waals surface area contributed by atoms with Gasteiger partial charge in [-0.15, -0.1) is 0 Å². The molecule has 67 valence electrons. The first kappa shape index (κ1) is 8.60. The normalized spacial score (nSPS) is 13.4. The molecule has 0 unspecified atom stereocenters. The fourth-order valence-electron chi connectivity index (χ4n) is 1.35. The number of aromatic amines is 1. The summed E-state index contributed by atoms with van der Waals surface area (Å²) in [6.07, 6.45) is 2.24. The van der Waals surface area contributed by atoms with Gasteiger partial charge in [-0.05, 0) is 17.7 Å². The van der Waals surface area contributed by atoms with Crippen LogP contribution in [0.2, 0.25) is 0 Å². The van der Waals surface area contributed by atoms with Gasteiger partial charge in [-0.25, -0.2) is 0 Å². The second-order valence-corrected chi connectivity index (χ2v) is 3.46. The predicted molar refractivity (Wildman–Crippen MR) is 52.7 cm³/mol. The van der Waals surface area contributed by atoms with Gasteiger partial charge in [0.1, 0.15) is 5.56 Å². The summed E-state index contributed by atoms with van der Waals surface area (Å²) in [5.41, 5.74) is 1.26. The third-order valence-corrected chi connectivity index (χ3v) is 2.10. The van der Waals surface area contributed by atoms with Gasteiger partial charge in [0.05, 0.1) is 0 Å². The molecule has 13 heavy (non-hydrogen) atoms. The van der Waals surface area contributed by atoms with Crippen molar-refractivity contribution in [1.82, 2.24) is 4.98 Å². The van der Waals surface area contributed by atoms with E-state index in [2.05, 4.69) is 11.1 Å². The lowest BCUT2D eigenvalue weighted by molar-refractivity contribution is 0.257. The predicted octanol–water partition coefficient (Wildman–Crippen LogP) is 2.07. The molecule has 0 bridgehead atoms. The van der Waals surface area contributed by atoms with Crippen LogP contribution in [0.1, 0.15) is 5.56 Å². The van der Waals surface area contributed by atoms with Crippen molar-refractivity contribution in [3.8, 4) is 0 Å². The molecule has 1 radical (unpaired) electrons. The number of hydrogen-bond acceptors (Lipinski definition) is 1. The van der Waals surface area contributed by atoms with Gasteiger partial charge in [-0.3, -0.25) is 0 Å². The Morgan fingerprint density at radius 3 is 3.15 bits per heavy atom. The molecular weight excluding hydrogens is 186 g/mol. The molecule has 2 rings (SSSR count).